The Morgan fingerprint density at radius 2 is 2.13 bits per heavy atom. The Bertz CT molecular complexity index is 688. The molecule has 2 heterocycles. The number of carbonyl (C=O) groups is 1. The summed E-state index contributed by atoms with van der Waals surface area (Å²) >= 11 is 0. The molecule has 1 atom stereocenters. The van der Waals surface area contributed by atoms with Gasteiger partial charge in [0.2, 0.25) is 0 Å². The third kappa shape index (κ3) is 3.10. The van der Waals surface area contributed by atoms with Crippen molar-refractivity contribution in [3.05, 3.63) is 42.1 Å². The lowest BCUT2D eigenvalue weighted by Crippen LogP contribution is -2.50. The monoisotopic (exact) mass is 322 g/mol. The van der Waals surface area contributed by atoms with E-state index in [1.807, 2.05) is 30.3 Å². The fourth-order valence-corrected chi connectivity index (χ4v) is 2.63. The molecule has 2 aromatic rings. The largest absolute Gasteiger partial charge is 0.396 e. The first-order chi connectivity index (χ1) is 11.0. The van der Waals surface area contributed by atoms with Gasteiger partial charge in [0.15, 0.2) is 11.5 Å². The zero-order valence-electron chi connectivity index (χ0n) is 12.3. The highest BCUT2D eigenvalue weighted by atomic mass is 19.3. The first-order valence-corrected chi connectivity index (χ1v) is 7.31. The number of carbonyl (C=O) groups excluding carboxylic acids is 1. The molecule has 1 aliphatic heterocycles. The summed E-state index contributed by atoms with van der Waals surface area (Å²) in [6.45, 7) is -0.934. The molecular formula is C16H16F2N2O3. The van der Waals surface area contributed by atoms with Crippen molar-refractivity contribution in [2.45, 2.75) is 12.3 Å². The maximum Gasteiger partial charge on any atom is 0.276 e. The highest BCUT2D eigenvalue weighted by Crippen LogP contribution is 2.33. The normalized spacial score (nSPS) is 20.5. The average molecular weight is 322 g/mol. The molecule has 1 N–H and O–H groups in total. The topological polar surface area (TPSA) is 66.6 Å². The summed E-state index contributed by atoms with van der Waals surface area (Å²) in [4.78, 5) is 13.7. The van der Waals surface area contributed by atoms with Gasteiger partial charge >= 0.3 is 0 Å². The summed E-state index contributed by atoms with van der Waals surface area (Å²) in [6, 6.07) is 10.7. The highest BCUT2D eigenvalue weighted by Gasteiger charge is 2.45. The van der Waals surface area contributed by atoms with Crippen molar-refractivity contribution in [1.29, 1.82) is 0 Å². The summed E-state index contributed by atoms with van der Waals surface area (Å²) < 4.78 is 32.4. The summed E-state index contributed by atoms with van der Waals surface area (Å²) in [5, 5.41) is 12.8. The Kier molecular flexibility index (Phi) is 4.12. The van der Waals surface area contributed by atoms with Crippen molar-refractivity contribution in [3.63, 3.8) is 0 Å². The van der Waals surface area contributed by atoms with E-state index in [2.05, 4.69) is 5.16 Å². The van der Waals surface area contributed by atoms with E-state index < -0.39 is 30.8 Å². The predicted molar refractivity (Wildman–Crippen MR) is 78.0 cm³/mol. The lowest BCUT2D eigenvalue weighted by molar-refractivity contribution is -0.113. The second-order valence-electron chi connectivity index (χ2n) is 5.58. The van der Waals surface area contributed by atoms with E-state index in [1.165, 1.54) is 11.0 Å². The maximum absolute atomic E-state index is 13.6. The number of amides is 1. The molecule has 1 aromatic heterocycles. The molecule has 0 spiro atoms. The van der Waals surface area contributed by atoms with E-state index in [1.54, 1.807) is 0 Å². The fourth-order valence-electron chi connectivity index (χ4n) is 2.63. The van der Waals surface area contributed by atoms with Crippen LogP contribution in [0.1, 0.15) is 16.9 Å². The quantitative estimate of drug-likeness (QED) is 0.942. The van der Waals surface area contributed by atoms with Crippen LogP contribution < -0.4 is 0 Å². The number of aliphatic hydroxyl groups excluding tert-OH is 1. The van der Waals surface area contributed by atoms with Crippen LogP contribution >= 0.6 is 0 Å². The van der Waals surface area contributed by atoms with Gasteiger partial charge in [-0.15, -0.1) is 0 Å². The number of aromatic nitrogens is 1. The molecule has 1 saturated heterocycles. The summed E-state index contributed by atoms with van der Waals surface area (Å²) in [5.74, 6) is -4.23. The van der Waals surface area contributed by atoms with Crippen LogP contribution in [0, 0.1) is 5.92 Å². The predicted octanol–water partition coefficient (Wildman–Crippen LogP) is 2.43. The molecule has 0 radical (unpaired) electrons. The van der Waals surface area contributed by atoms with Crippen LogP contribution in [0.2, 0.25) is 0 Å². The number of hydrogen-bond donors (Lipinski definition) is 1. The van der Waals surface area contributed by atoms with Crippen LogP contribution in [0.5, 0.6) is 0 Å². The minimum atomic E-state index is -2.95. The van der Waals surface area contributed by atoms with Crippen molar-refractivity contribution < 1.29 is 23.2 Å². The third-order valence-corrected chi connectivity index (χ3v) is 4.05. The van der Waals surface area contributed by atoms with Gasteiger partial charge in [-0.1, -0.05) is 35.5 Å². The van der Waals surface area contributed by atoms with Gasteiger partial charge in [-0.3, -0.25) is 4.79 Å². The molecule has 3 rings (SSSR count). The second kappa shape index (κ2) is 6.08. The Labute approximate surface area is 131 Å². The van der Waals surface area contributed by atoms with Crippen molar-refractivity contribution in [2.75, 3.05) is 19.7 Å². The van der Waals surface area contributed by atoms with Gasteiger partial charge in [0.1, 0.15) is 0 Å². The van der Waals surface area contributed by atoms with Crippen LogP contribution in [0.3, 0.4) is 0 Å². The molecule has 122 valence electrons. The Morgan fingerprint density at radius 3 is 2.83 bits per heavy atom. The molecule has 1 aromatic carbocycles. The minimum absolute atomic E-state index is 0.0735. The number of nitrogens with zero attached hydrogens (tertiary/aromatic N) is 2. The van der Waals surface area contributed by atoms with Crippen LogP contribution in [-0.4, -0.2) is 46.7 Å². The minimum Gasteiger partial charge on any atom is -0.396 e. The van der Waals surface area contributed by atoms with Gasteiger partial charge in [0, 0.05) is 31.1 Å². The van der Waals surface area contributed by atoms with E-state index in [4.69, 9.17) is 9.63 Å². The average Bonchev–Trinajstić information content (AvgIpc) is 3.05. The molecule has 0 aliphatic carbocycles. The van der Waals surface area contributed by atoms with Gasteiger partial charge in [0.05, 0.1) is 12.5 Å². The van der Waals surface area contributed by atoms with E-state index in [0.717, 1.165) is 5.56 Å². The highest BCUT2D eigenvalue weighted by molar-refractivity contribution is 5.93. The van der Waals surface area contributed by atoms with Crippen LogP contribution in [0.15, 0.2) is 40.9 Å². The van der Waals surface area contributed by atoms with E-state index in [9.17, 15) is 13.6 Å². The van der Waals surface area contributed by atoms with E-state index in [0.29, 0.717) is 5.76 Å². The molecule has 0 saturated carbocycles. The first kappa shape index (κ1) is 15.6. The fraction of sp³-hybridized carbons (Fsp3) is 0.375. The zero-order chi connectivity index (χ0) is 16.4. The molecule has 1 amide bonds. The lowest BCUT2D eigenvalue weighted by Gasteiger charge is -2.37. The van der Waals surface area contributed by atoms with Crippen LogP contribution in [0.4, 0.5) is 8.78 Å². The smallest absolute Gasteiger partial charge is 0.276 e. The Hall–Kier alpha value is -2.28. The van der Waals surface area contributed by atoms with Gasteiger partial charge < -0.3 is 14.5 Å². The number of alkyl halides is 2. The molecule has 7 heteroatoms. The molecule has 1 fully saturated rings. The van der Waals surface area contributed by atoms with Crippen LogP contribution in [0.25, 0.3) is 11.3 Å². The van der Waals surface area contributed by atoms with E-state index >= 15 is 0 Å². The molecule has 23 heavy (non-hydrogen) atoms. The third-order valence-electron chi connectivity index (χ3n) is 4.05. The zero-order valence-corrected chi connectivity index (χ0v) is 12.3. The summed E-state index contributed by atoms with van der Waals surface area (Å²) in [7, 11) is 0. The standard InChI is InChI=1S/C16H16F2N2O3/c17-16(18)6-7-20(9-12(16)10-21)15(22)13-8-14(23-19-13)11-4-2-1-3-5-11/h1-5,8,12,21H,6-7,9-10H2. The summed E-state index contributed by atoms with van der Waals surface area (Å²) in [6.07, 6.45) is -0.465. The number of rotatable bonds is 3. The van der Waals surface area contributed by atoms with Crippen LogP contribution in [-0.2, 0) is 0 Å². The number of aliphatic hydroxyl groups is 1. The number of piperidine rings is 1. The molecule has 1 aliphatic rings. The SMILES string of the molecule is O=C(c1cc(-c2ccccc2)on1)N1CCC(F)(F)C(CO)C1. The summed E-state index contributed by atoms with van der Waals surface area (Å²) in [5.41, 5.74) is 0.850. The molecule has 0 bridgehead atoms. The van der Waals surface area contributed by atoms with E-state index in [-0.39, 0.29) is 18.8 Å². The lowest BCUT2D eigenvalue weighted by atomic mass is 9.94. The van der Waals surface area contributed by atoms with Crippen molar-refractivity contribution in [3.8, 4) is 11.3 Å². The first-order valence-electron chi connectivity index (χ1n) is 7.31. The Balaban J connectivity index is 1.75. The van der Waals surface area contributed by atoms with Crippen molar-refractivity contribution >= 4 is 5.91 Å². The number of likely N-dealkylation sites (tertiary alicyclic amines) is 1. The number of halogens is 2. The molecule has 5 nitrogen and oxygen atoms in total. The Morgan fingerprint density at radius 1 is 1.39 bits per heavy atom. The molecule has 1 unspecified atom stereocenters. The van der Waals surface area contributed by atoms with Crippen molar-refractivity contribution in [2.24, 2.45) is 5.92 Å². The van der Waals surface area contributed by atoms with Gasteiger partial charge in [-0.25, -0.2) is 8.78 Å². The molecular weight excluding hydrogens is 306 g/mol. The van der Waals surface area contributed by atoms with Crippen molar-refractivity contribution in [1.82, 2.24) is 10.1 Å². The second-order valence-corrected chi connectivity index (χ2v) is 5.58. The van der Waals surface area contributed by atoms with Gasteiger partial charge in [-0.05, 0) is 0 Å². The van der Waals surface area contributed by atoms with Gasteiger partial charge in [0.25, 0.3) is 11.8 Å². The van der Waals surface area contributed by atoms with Gasteiger partial charge in [-0.2, -0.15) is 0 Å². The number of benzene rings is 1. The number of hydrogen-bond acceptors (Lipinski definition) is 4. The maximum atomic E-state index is 13.6.